The van der Waals surface area contributed by atoms with Crippen molar-refractivity contribution < 1.29 is 14.6 Å². The van der Waals surface area contributed by atoms with Crippen molar-refractivity contribution in [2.24, 2.45) is 0 Å². The number of unbranched alkanes of at least 4 members (excludes halogenated alkanes) is 1. The molecule has 1 unspecified atom stereocenters. The van der Waals surface area contributed by atoms with Crippen molar-refractivity contribution in [1.82, 2.24) is 4.90 Å². The maximum Gasteiger partial charge on any atom is 0.324 e. The predicted octanol–water partition coefficient (Wildman–Crippen LogP) is 0.785. The molecule has 1 heterocycles. The van der Waals surface area contributed by atoms with E-state index in [0.717, 1.165) is 12.8 Å². The van der Waals surface area contributed by atoms with Crippen molar-refractivity contribution in [3.05, 3.63) is 0 Å². The predicted molar refractivity (Wildman–Crippen MR) is 57.5 cm³/mol. The van der Waals surface area contributed by atoms with Gasteiger partial charge in [0.1, 0.15) is 6.04 Å². The average molecular weight is 215 g/mol. The van der Waals surface area contributed by atoms with Gasteiger partial charge in [-0.2, -0.15) is 0 Å². The fourth-order valence-corrected chi connectivity index (χ4v) is 1.51. The Morgan fingerprint density at radius 3 is 2.80 bits per heavy atom. The van der Waals surface area contributed by atoms with Gasteiger partial charge in [0.2, 0.25) is 0 Å². The van der Waals surface area contributed by atoms with Crippen molar-refractivity contribution in [3.63, 3.8) is 0 Å². The van der Waals surface area contributed by atoms with E-state index >= 15 is 0 Å². The van der Waals surface area contributed by atoms with Crippen molar-refractivity contribution in [3.8, 4) is 0 Å². The molecule has 4 nitrogen and oxygen atoms in total. The summed E-state index contributed by atoms with van der Waals surface area (Å²) in [5.74, 6) is -0.148. The molecule has 1 aliphatic heterocycles. The van der Waals surface area contributed by atoms with E-state index < -0.39 is 0 Å². The normalized spacial score (nSPS) is 25.1. The molecule has 0 aromatic heterocycles. The summed E-state index contributed by atoms with van der Waals surface area (Å²) in [6, 6.07) is -0.135. The highest BCUT2D eigenvalue weighted by Crippen LogP contribution is 2.29. The molecule has 0 amide bonds. The summed E-state index contributed by atoms with van der Waals surface area (Å²) in [5, 5.41) is 9.12. The van der Waals surface area contributed by atoms with Crippen molar-refractivity contribution in [2.75, 3.05) is 19.8 Å². The number of carbonyl (C=O) groups excluding carboxylic acids is 1. The fraction of sp³-hybridized carbons (Fsp3) is 0.909. The van der Waals surface area contributed by atoms with Gasteiger partial charge in [-0.25, -0.2) is 0 Å². The molecule has 0 aromatic carbocycles. The Morgan fingerprint density at radius 2 is 2.27 bits per heavy atom. The topological polar surface area (TPSA) is 49.5 Å². The van der Waals surface area contributed by atoms with Gasteiger partial charge in [-0.1, -0.05) is 13.3 Å². The second kappa shape index (κ2) is 4.94. The van der Waals surface area contributed by atoms with Crippen LogP contribution in [0.1, 0.15) is 33.6 Å². The molecule has 15 heavy (non-hydrogen) atoms. The summed E-state index contributed by atoms with van der Waals surface area (Å²) in [6.45, 7) is 7.19. The van der Waals surface area contributed by atoms with Gasteiger partial charge in [-0.3, -0.25) is 9.69 Å². The lowest BCUT2D eigenvalue weighted by Crippen LogP contribution is -2.37. The minimum atomic E-state index is -0.311. The number of aliphatic hydroxyl groups is 1. The summed E-state index contributed by atoms with van der Waals surface area (Å²) >= 11 is 0. The minimum Gasteiger partial charge on any atom is -0.464 e. The molecule has 88 valence electrons. The van der Waals surface area contributed by atoms with E-state index in [1.807, 2.05) is 18.7 Å². The molecule has 0 bridgehead atoms. The molecule has 2 atom stereocenters. The molecule has 1 saturated heterocycles. The van der Waals surface area contributed by atoms with Gasteiger partial charge in [0.25, 0.3) is 0 Å². The highest BCUT2D eigenvalue weighted by molar-refractivity contribution is 5.79. The number of aliphatic hydroxyl groups excluding tert-OH is 1. The maximum atomic E-state index is 11.5. The third kappa shape index (κ3) is 3.18. The molecule has 0 aromatic rings. The Kier molecular flexibility index (Phi) is 4.11. The van der Waals surface area contributed by atoms with Crippen LogP contribution in [0.4, 0.5) is 0 Å². The van der Waals surface area contributed by atoms with Crippen LogP contribution in [0.2, 0.25) is 0 Å². The zero-order valence-electron chi connectivity index (χ0n) is 9.82. The average Bonchev–Trinajstić information content (AvgIpc) is 2.98. The lowest BCUT2D eigenvalue weighted by molar-refractivity contribution is -0.144. The first-order valence-corrected chi connectivity index (χ1v) is 5.57. The van der Waals surface area contributed by atoms with Gasteiger partial charge < -0.3 is 9.84 Å². The highest BCUT2D eigenvalue weighted by Gasteiger charge is 2.49. The summed E-state index contributed by atoms with van der Waals surface area (Å²) in [7, 11) is 0. The Balaban J connectivity index is 2.28. The van der Waals surface area contributed by atoms with E-state index in [0.29, 0.717) is 13.2 Å². The van der Waals surface area contributed by atoms with Gasteiger partial charge in [-0.05, 0) is 20.3 Å². The SMILES string of the molecule is CCCCOC(=O)[C@H]1CN1C(C)(C)CO. The standard InChI is InChI=1S/C11H21NO3/c1-4-5-6-15-10(14)9-7-12(9)11(2,3)8-13/h9,13H,4-8H2,1-3H3/t9-,12?/m1/s1. The molecule has 1 aliphatic rings. The number of ether oxygens (including phenoxy) is 1. The zero-order chi connectivity index (χ0) is 11.5. The second-order valence-corrected chi connectivity index (χ2v) is 4.66. The summed E-state index contributed by atoms with van der Waals surface area (Å²) in [6.07, 6.45) is 1.95. The van der Waals surface area contributed by atoms with Crippen LogP contribution < -0.4 is 0 Å². The lowest BCUT2D eigenvalue weighted by Gasteiger charge is -2.23. The third-order valence-electron chi connectivity index (χ3n) is 2.79. The van der Waals surface area contributed by atoms with Crippen molar-refractivity contribution in [1.29, 1.82) is 0 Å². The number of esters is 1. The van der Waals surface area contributed by atoms with Gasteiger partial charge in [-0.15, -0.1) is 0 Å². The highest BCUT2D eigenvalue weighted by atomic mass is 16.5. The lowest BCUT2D eigenvalue weighted by atomic mass is 10.1. The smallest absolute Gasteiger partial charge is 0.324 e. The van der Waals surface area contributed by atoms with Crippen LogP contribution >= 0.6 is 0 Å². The van der Waals surface area contributed by atoms with Gasteiger partial charge in [0.05, 0.1) is 13.2 Å². The Bertz CT molecular complexity index is 228. The number of carbonyl (C=O) groups is 1. The van der Waals surface area contributed by atoms with E-state index in [1.165, 1.54) is 0 Å². The van der Waals surface area contributed by atoms with Crippen LogP contribution in [0.15, 0.2) is 0 Å². The van der Waals surface area contributed by atoms with E-state index in [4.69, 9.17) is 9.84 Å². The second-order valence-electron chi connectivity index (χ2n) is 4.66. The summed E-state index contributed by atoms with van der Waals surface area (Å²) in [4.78, 5) is 13.5. The first-order valence-electron chi connectivity index (χ1n) is 5.57. The van der Waals surface area contributed by atoms with Gasteiger partial charge in [0, 0.05) is 12.1 Å². The number of rotatable bonds is 6. The number of nitrogens with zero attached hydrogens (tertiary/aromatic N) is 1. The summed E-state index contributed by atoms with van der Waals surface area (Å²) in [5.41, 5.74) is -0.311. The largest absolute Gasteiger partial charge is 0.464 e. The Labute approximate surface area is 91.2 Å². The first kappa shape index (κ1) is 12.5. The molecule has 0 spiro atoms. The molecule has 1 rings (SSSR count). The van der Waals surface area contributed by atoms with Crippen LogP contribution in [-0.4, -0.2) is 47.3 Å². The molecule has 0 aliphatic carbocycles. The maximum absolute atomic E-state index is 11.5. The van der Waals surface area contributed by atoms with E-state index in [2.05, 4.69) is 6.92 Å². The molecular formula is C11H21NO3. The minimum absolute atomic E-state index is 0.0612. The fourth-order valence-electron chi connectivity index (χ4n) is 1.51. The van der Waals surface area contributed by atoms with Crippen LogP contribution in [0.5, 0.6) is 0 Å². The molecule has 0 radical (unpaired) electrons. The van der Waals surface area contributed by atoms with Gasteiger partial charge in [0.15, 0.2) is 0 Å². The van der Waals surface area contributed by atoms with Gasteiger partial charge >= 0.3 is 5.97 Å². The zero-order valence-corrected chi connectivity index (χ0v) is 9.82. The number of hydrogen-bond donors (Lipinski definition) is 1. The first-order chi connectivity index (χ1) is 7.03. The molecular weight excluding hydrogens is 194 g/mol. The van der Waals surface area contributed by atoms with E-state index in [-0.39, 0.29) is 24.2 Å². The van der Waals surface area contributed by atoms with Crippen molar-refractivity contribution in [2.45, 2.75) is 45.2 Å². The van der Waals surface area contributed by atoms with Crippen LogP contribution in [0, 0.1) is 0 Å². The van der Waals surface area contributed by atoms with E-state index in [9.17, 15) is 4.79 Å². The van der Waals surface area contributed by atoms with E-state index in [1.54, 1.807) is 0 Å². The molecule has 1 fully saturated rings. The molecule has 1 N–H and O–H groups in total. The Morgan fingerprint density at radius 1 is 1.60 bits per heavy atom. The monoisotopic (exact) mass is 215 g/mol. The Hall–Kier alpha value is -0.610. The molecule has 4 heteroatoms. The summed E-state index contributed by atoms with van der Waals surface area (Å²) < 4.78 is 5.11. The van der Waals surface area contributed by atoms with Crippen molar-refractivity contribution >= 4 is 5.97 Å². The third-order valence-corrected chi connectivity index (χ3v) is 2.79. The number of hydrogen-bond acceptors (Lipinski definition) is 4. The quantitative estimate of drug-likeness (QED) is 0.404. The van der Waals surface area contributed by atoms with Crippen LogP contribution in [-0.2, 0) is 9.53 Å². The van der Waals surface area contributed by atoms with Crippen LogP contribution in [0.3, 0.4) is 0 Å². The molecule has 0 saturated carbocycles. The van der Waals surface area contributed by atoms with Crippen LogP contribution in [0.25, 0.3) is 0 Å².